The monoisotopic (exact) mass is 289 g/mol. The van der Waals surface area contributed by atoms with E-state index in [1.807, 2.05) is 11.5 Å². The van der Waals surface area contributed by atoms with Crippen molar-refractivity contribution in [2.75, 3.05) is 5.32 Å². The maximum Gasteiger partial charge on any atom is 0.306 e. The number of aryl methyl sites for hydroxylation is 1. The number of nitrogens with one attached hydrogen (secondary N) is 1. The van der Waals surface area contributed by atoms with E-state index in [4.69, 9.17) is 5.11 Å². The molecule has 0 radical (unpaired) electrons. The number of anilines is 1. The Labute approximate surface area is 122 Å². The molecule has 0 spiro atoms. The van der Waals surface area contributed by atoms with Gasteiger partial charge in [0, 0.05) is 12.6 Å². The van der Waals surface area contributed by atoms with Crippen molar-refractivity contribution < 1.29 is 9.90 Å². The molecule has 0 aromatic carbocycles. The van der Waals surface area contributed by atoms with Gasteiger partial charge in [0.25, 0.3) is 0 Å². The van der Waals surface area contributed by atoms with Crippen molar-refractivity contribution >= 4 is 23.0 Å². The second-order valence-corrected chi connectivity index (χ2v) is 5.46. The summed E-state index contributed by atoms with van der Waals surface area (Å²) in [4.78, 5) is 23.9. The molecule has 3 rings (SSSR count). The molecule has 1 saturated carbocycles. The summed E-state index contributed by atoms with van der Waals surface area (Å²) in [5.41, 5.74) is 1.61. The molecule has 7 nitrogen and oxygen atoms in total. The first-order valence-electron chi connectivity index (χ1n) is 7.34. The SMILES string of the molecule is CCn1cnc2c(NC3CCC(C(=O)O)CC3)ncnc21. The van der Waals surface area contributed by atoms with Crippen molar-refractivity contribution in [1.29, 1.82) is 0 Å². The lowest BCUT2D eigenvalue weighted by Crippen LogP contribution is -2.29. The molecule has 0 bridgehead atoms. The van der Waals surface area contributed by atoms with Gasteiger partial charge in [-0.3, -0.25) is 4.79 Å². The first kappa shape index (κ1) is 13.8. The Morgan fingerprint density at radius 2 is 2.10 bits per heavy atom. The predicted molar refractivity (Wildman–Crippen MR) is 78.0 cm³/mol. The van der Waals surface area contributed by atoms with Gasteiger partial charge in [-0.25, -0.2) is 15.0 Å². The number of carboxylic acids is 1. The largest absolute Gasteiger partial charge is 0.481 e. The highest BCUT2D eigenvalue weighted by Crippen LogP contribution is 2.27. The Bertz CT molecular complexity index is 646. The molecule has 21 heavy (non-hydrogen) atoms. The summed E-state index contributed by atoms with van der Waals surface area (Å²) < 4.78 is 1.98. The molecule has 0 atom stereocenters. The topological polar surface area (TPSA) is 92.9 Å². The average molecular weight is 289 g/mol. The third kappa shape index (κ3) is 2.68. The van der Waals surface area contributed by atoms with Gasteiger partial charge in [0.05, 0.1) is 12.2 Å². The van der Waals surface area contributed by atoms with Crippen molar-refractivity contribution in [2.45, 2.75) is 45.2 Å². The van der Waals surface area contributed by atoms with Crippen LogP contribution in [0.1, 0.15) is 32.6 Å². The molecule has 0 aliphatic heterocycles. The number of nitrogens with zero attached hydrogens (tertiary/aromatic N) is 4. The van der Waals surface area contributed by atoms with E-state index in [-0.39, 0.29) is 12.0 Å². The summed E-state index contributed by atoms with van der Waals surface area (Å²) in [6.45, 7) is 2.86. The van der Waals surface area contributed by atoms with Gasteiger partial charge in [-0.15, -0.1) is 0 Å². The Morgan fingerprint density at radius 1 is 1.33 bits per heavy atom. The molecule has 112 valence electrons. The number of imidazole rings is 1. The lowest BCUT2D eigenvalue weighted by molar-refractivity contribution is -0.142. The molecule has 1 aliphatic rings. The third-order valence-corrected chi connectivity index (χ3v) is 4.16. The summed E-state index contributed by atoms with van der Waals surface area (Å²) in [5, 5.41) is 12.4. The van der Waals surface area contributed by atoms with Gasteiger partial charge in [-0.1, -0.05) is 0 Å². The molecule has 2 N–H and O–H groups in total. The zero-order valence-electron chi connectivity index (χ0n) is 12.0. The van der Waals surface area contributed by atoms with Crippen LogP contribution in [0, 0.1) is 5.92 Å². The van der Waals surface area contributed by atoms with Crippen LogP contribution in [-0.4, -0.2) is 36.6 Å². The second kappa shape index (κ2) is 5.67. The van der Waals surface area contributed by atoms with Crippen molar-refractivity contribution in [3.63, 3.8) is 0 Å². The number of carboxylic acid groups (broad SMARTS) is 1. The summed E-state index contributed by atoms with van der Waals surface area (Å²) in [5.74, 6) is -0.140. The van der Waals surface area contributed by atoms with Crippen LogP contribution in [0.25, 0.3) is 11.2 Å². The summed E-state index contributed by atoms with van der Waals surface area (Å²) in [6, 6.07) is 0.255. The molecule has 1 aliphatic carbocycles. The maximum atomic E-state index is 11.0. The second-order valence-electron chi connectivity index (χ2n) is 5.46. The third-order valence-electron chi connectivity index (χ3n) is 4.16. The van der Waals surface area contributed by atoms with E-state index in [0.29, 0.717) is 12.8 Å². The number of carbonyl (C=O) groups is 1. The predicted octanol–water partition coefficient (Wildman–Crippen LogP) is 1.90. The number of aromatic nitrogens is 4. The van der Waals surface area contributed by atoms with E-state index in [1.54, 1.807) is 12.7 Å². The standard InChI is InChI=1S/C14H19N5O2/c1-2-19-8-17-11-12(15-7-16-13(11)19)18-10-5-3-9(4-6-10)14(20)21/h7-10H,2-6H2,1H3,(H,20,21)(H,15,16,18). The molecule has 2 aromatic heterocycles. The molecule has 0 amide bonds. The van der Waals surface area contributed by atoms with Crippen LogP contribution in [0.3, 0.4) is 0 Å². The lowest BCUT2D eigenvalue weighted by atomic mass is 9.86. The fraction of sp³-hybridized carbons (Fsp3) is 0.571. The number of hydrogen-bond acceptors (Lipinski definition) is 5. The van der Waals surface area contributed by atoms with Gasteiger partial charge >= 0.3 is 5.97 Å². The zero-order chi connectivity index (χ0) is 14.8. The van der Waals surface area contributed by atoms with E-state index in [2.05, 4.69) is 20.3 Å². The van der Waals surface area contributed by atoms with Gasteiger partial charge in [-0.2, -0.15) is 0 Å². The van der Waals surface area contributed by atoms with Gasteiger partial charge in [0.15, 0.2) is 11.5 Å². The Hall–Kier alpha value is -2.18. The van der Waals surface area contributed by atoms with Crippen LogP contribution < -0.4 is 5.32 Å². The highest BCUT2D eigenvalue weighted by Gasteiger charge is 2.26. The number of rotatable bonds is 4. The highest BCUT2D eigenvalue weighted by atomic mass is 16.4. The number of fused-ring (bicyclic) bond motifs is 1. The van der Waals surface area contributed by atoms with Crippen molar-refractivity contribution in [3.8, 4) is 0 Å². The van der Waals surface area contributed by atoms with Crippen LogP contribution in [-0.2, 0) is 11.3 Å². The minimum atomic E-state index is -0.681. The highest BCUT2D eigenvalue weighted by molar-refractivity contribution is 5.82. The summed E-state index contributed by atoms with van der Waals surface area (Å²) >= 11 is 0. The fourth-order valence-electron chi connectivity index (χ4n) is 2.90. The van der Waals surface area contributed by atoms with E-state index in [0.717, 1.165) is 36.4 Å². The first-order chi connectivity index (χ1) is 10.2. The minimum Gasteiger partial charge on any atom is -0.481 e. The first-order valence-corrected chi connectivity index (χ1v) is 7.34. The van der Waals surface area contributed by atoms with Crippen molar-refractivity contribution in [1.82, 2.24) is 19.5 Å². The van der Waals surface area contributed by atoms with Gasteiger partial charge < -0.3 is 15.0 Å². The molecular formula is C14H19N5O2. The quantitative estimate of drug-likeness (QED) is 0.893. The zero-order valence-corrected chi connectivity index (χ0v) is 12.0. The van der Waals surface area contributed by atoms with Gasteiger partial charge in [0.1, 0.15) is 11.8 Å². The summed E-state index contributed by atoms with van der Waals surface area (Å²) in [6.07, 6.45) is 6.43. The van der Waals surface area contributed by atoms with Crippen LogP contribution in [0.5, 0.6) is 0 Å². The molecule has 2 aromatic rings. The maximum absolute atomic E-state index is 11.0. The van der Waals surface area contributed by atoms with Crippen LogP contribution >= 0.6 is 0 Å². The number of aliphatic carboxylic acids is 1. The van der Waals surface area contributed by atoms with E-state index in [9.17, 15) is 4.79 Å². The Balaban J connectivity index is 1.74. The molecule has 2 heterocycles. The molecule has 1 fully saturated rings. The molecular weight excluding hydrogens is 270 g/mol. The number of hydrogen-bond donors (Lipinski definition) is 2. The smallest absolute Gasteiger partial charge is 0.306 e. The van der Waals surface area contributed by atoms with Gasteiger partial charge in [-0.05, 0) is 32.6 Å². The Kier molecular flexibility index (Phi) is 3.72. The van der Waals surface area contributed by atoms with Crippen molar-refractivity contribution in [3.05, 3.63) is 12.7 Å². The molecule has 7 heteroatoms. The van der Waals surface area contributed by atoms with Crippen LogP contribution in [0.4, 0.5) is 5.82 Å². The molecule has 0 saturated heterocycles. The van der Waals surface area contributed by atoms with Crippen LogP contribution in [0.2, 0.25) is 0 Å². The van der Waals surface area contributed by atoms with E-state index in [1.165, 1.54) is 0 Å². The molecule has 0 unspecified atom stereocenters. The lowest BCUT2D eigenvalue weighted by Gasteiger charge is -2.27. The average Bonchev–Trinajstić information content (AvgIpc) is 2.92. The fourth-order valence-corrected chi connectivity index (χ4v) is 2.90. The Morgan fingerprint density at radius 3 is 2.76 bits per heavy atom. The minimum absolute atomic E-state index is 0.201. The van der Waals surface area contributed by atoms with E-state index >= 15 is 0 Å². The normalized spacial score (nSPS) is 22.3. The van der Waals surface area contributed by atoms with Crippen LogP contribution in [0.15, 0.2) is 12.7 Å². The van der Waals surface area contributed by atoms with Crippen molar-refractivity contribution in [2.24, 2.45) is 5.92 Å². The van der Waals surface area contributed by atoms with E-state index < -0.39 is 5.97 Å². The van der Waals surface area contributed by atoms with Gasteiger partial charge in [0.2, 0.25) is 0 Å². The summed E-state index contributed by atoms with van der Waals surface area (Å²) in [7, 11) is 0.